The number of nitrogens with zero attached hydrogens (tertiary/aromatic N) is 3. The molecule has 0 fully saturated rings. The Labute approximate surface area is 129 Å². The smallest absolute Gasteiger partial charge is 0.256 e. The molecule has 0 saturated heterocycles. The van der Waals surface area contributed by atoms with Crippen LogP contribution in [0.5, 0.6) is 0 Å². The van der Waals surface area contributed by atoms with Crippen molar-refractivity contribution < 1.29 is 9.18 Å². The Bertz CT molecular complexity index is 609. The maximum absolute atomic E-state index is 12.8. The largest absolute Gasteiger partial charge is 0.350 e. The summed E-state index contributed by atoms with van der Waals surface area (Å²) < 4.78 is 12.8. The lowest BCUT2D eigenvalue weighted by Crippen LogP contribution is -2.30. The third-order valence-electron chi connectivity index (χ3n) is 3.31. The summed E-state index contributed by atoms with van der Waals surface area (Å²) in [6, 6.07) is 6.20. The van der Waals surface area contributed by atoms with Crippen molar-refractivity contribution in [3.05, 3.63) is 53.6 Å². The van der Waals surface area contributed by atoms with Gasteiger partial charge >= 0.3 is 0 Å². The van der Waals surface area contributed by atoms with Crippen molar-refractivity contribution in [2.24, 2.45) is 0 Å². The first-order chi connectivity index (χ1) is 10.6. The number of hydrogen-bond donors (Lipinski definition) is 1. The molecule has 1 aromatic heterocycles. The highest BCUT2D eigenvalue weighted by Crippen LogP contribution is 2.07. The zero-order chi connectivity index (χ0) is 15.9. The van der Waals surface area contributed by atoms with E-state index in [1.807, 2.05) is 13.8 Å². The van der Waals surface area contributed by atoms with Crippen LogP contribution in [0, 0.1) is 5.82 Å². The Balaban J connectivity index is 1.97. The van der Waals surface area contributed by atoms with Crippen molar-refractivity contribution >= 4 is 11.9 Å². The van der Waals surface area contributed by atoms with Crippen LogP contribution >= 0.6 is 0 Å². The molecule has 116 valence electrons. The van der Waals surface area contributed by atoms with Crippen LogP contribution in [0.25, 0.3) is 0 Å². The van der Waals surface area contributed by atoms with Gasteiger partial charge in [-0.15, -0.1) is 0 Å². The Kier molecular flexibility index (Phi) is 5.41. The van der Waals surface area contributed by atoms with E-state index in [-0.39, 0.29) is 11.7 Å². The van der Waals surface area contributed by atoms with Gasteiger partial charge in [0.15, 0.2) is 0 Å². The number of rotatable bonds is 6. The number of halogens is 1. The second-order valence-electron chi connectivity index (χ2n) is 4.75. The lowest BCUT2D eigenvalue weighted by Gasteiger charge is -2.18. The van der Waals surface area contributed by atoms with E-state index in [1.165, 1.54) is 24.5 Å². The highest BCUT2D eigenvalue weighted by atomic mass is 19.1. The molecule has 0 aliphatic carbocycles. The van der Waals surface area contributed by atoms with Crippen molar-refractivity contribution in [2.45, 2.75) is 20.4 Å². The maximum Gasteiger partial charge on any atom is 0.256 e. The number of anilines is 1. The first kappa shape index (κ1) is 15.9. The number of carbonyl (C=O) groups is 1. The molecule has 0 atom stereocenters. The summed E-state index contributed by atoms with van der Waals surface area (Å²) in [5.74, 6) is 0.0924. The molecule has 1 heterocycles. The van der Waals surface area contributed by atoms with Crippen molar-refractivity contribution in [3.8, 4) is 0 Å². The lowest BCUT2D eigenvalue weighted by molar-refractivity contribution is 0.0772. The minimum Gasteiger partial charge on any atom is -0.350 e. The molecular formula is C16H19FN4O. The first-order valence-corrected chi connectivity index (χ1v) is 7.23. The fourth-order valence-corrected chi connectivity index (χ4v) is 2.01. The summed E-state index contributed by atoms with van der Waals surface area (Å²) >= 11 is 0. The van der Waals surface area contributed by atoms with E-state index in [0.29, 0.717) is 31.1 Å². The van der Waals surface area contributed by atoms with Crippen molar-refractivity contribution in [1.82, 2.24) is 14.9 Å². The van der Waals surface area contributed by atoms with Gasteiger partial charge in [0.1, 0.15) is 5.82 Å². The highest BCUT2D eigenvalue weighted by Gasteiger charge is 2.13. The molecule has 6 heteroatoms. The Morgan fingerprint density at radius 3 is 2.27 bits per heavy atom. The van der Waals surface area contributed by atoms with Crippen LogP contribution in [0.2, 0.25) is 0 Å². The standard InChI is InChI=1S/C16H19FN4O/c1-3-21(4-2)15(22)13-10-19-16(20-11-13)18-9-12-5-7-14(17)8-6-12/h5-8,10-11H,3-4,9H2,1-2H3,(H,18,19,20). The molecule has 0 radical (unpaired) electrons. The van der Waals surface area contributed by atoms with Crippen LogP contribution in [0.4, 0.5) is 10.3 Å². The molecule has 0 aliphatic rings. The van der Waals surface area contributed by atoms with E-state index >= 15 is 0 Å². The number of benzene rings is 1. The molecule has 0 spiro atoms. The third-order valence-corrected chi connectivity index (χ3v) is 3.31. The molecule has 2 aromatic rings. The average molecular weight is 302 g/mol. The summed E-state index contributed by atoms with van der Waals surface area (Å²) in [6.07, 6.45) is 3.03. The van der Waals surface area contributed by atoms with Crippen LogP contribution in [-0.4, -0.2) is 33.9 Å². The summed E-state index contributed by atoms with van der Waals surface area (Å²) in [5, 5.41) is 3.03. The summed E-state index contributed by atoms with van der Waals surface area (Å²) in [6.45, 7) is 5.66. The van der Waals surface area contributed by atoms with Gasteiger partial charge in [0.05, 0.1) is 5.56 Å². The van der Waals surface area contributed by atoms with Gasteiger partial charge < -0.3 is 10.2 Å². The summed E-state index contributed by atoms with van der Waals surface area (Å²) in [7, 11) is 0. The normalized spacial score (nSPS) is 10.3. The van der Waals surface area contributed by atoms with E-state index in [4.69, 9.17) is 0 Å². The maximum atomic E-state index is 12.8. The quantitative estimate of drug-likeness (QED) is 0.891. The van der Waals surface area contributed by atoms with Gasteiger partial charge in [0, 0.05) is 32.0 Å². The molecule has 22 heavy (non-hydrogen) atoms. The van der Waals surface area contributed by atoms with E-state index in [0.717, 1.165) is 5.56 Å². The van der Waals surface area contributed by atoms with Crippen molar-refractivity contribution in [2.75, 3.05) is 18.4 Å². The second kappa shape index (κ2) is 7.49. The number of nitrogens with one attached hydrogen (secondary N) is 1. The SMILES string of the molecule is CCN(CC)C(=O)c1cnc(NCc2ccc(F)cc2)nc1. The molecular weight excluding hydrogens is 283 g/mol. The Morgan fingerprint density at radius 1 is 1.14 bits per heavy atom. The van der Waals surface area contributed by atoms with Crippen LogP contribution in [0.3, 0.4) is 0 Å². The minimum absolute atomic E-state index is 0.0740. The summed E-state index contributed by atoms with van der Waals surface area (Å²) in [4.78, 5) is 22.1. The first-order valence-electron chi connectivity index (χ1n) is 7.23. The van der Waals surface area contributed by atoms with Crippen LogP contribution in [0.1, 0.15) is 29.8 Å². The monoisotopic (exact) mass is 302 g/mol. The van der Waals surface area contributed by atoms with Gasteiger partial charge in [-0.05, 0) is 31.5 Å². The zero-order valence-electron chi connectivity index (χ0n) is 12.7. The highest BCUT2D eigenvalue weighted by molar-refractivity contribution is 5.93. The molecule has 2 rings (SSSR count). The van der Waals surface area contributed by atoms with Gasteiger partial charge in [-0.3, -0.25) is 4.79 Å². The number of aromatic nitrogens is 2. The summed E-state index contributed by atoms with van der Waals surface area (Å²) in [5.41, 5.74) is 1.39. The van der Waals surface area contributed by atoms with E-state index in [2.05, 4.69) is 15.3 Å². The van der Waals surface area contributed by atoms with Crippen LogP contribution < -0.4 is 5.32 Å². The molecule has 0 bridgehead atoms. The van der Waals surface area contributed by atoms with Crippen molar-refractivity contribution in [3.63, 3.8) is 0 Å². The number of amides is 1. The number of carbonyl (C=O) groups excluding carboxylic acids is 1. The predicted molar refractivity (Wildman–Crippen MR) is 83.0 cm³/mol. The van der Waals surface area contributed by atoms with Gasteiger partial charge in [-0.1, -0.05) is 12.1 Å². The lowest BCUT2D eigenvalue weighted by atomic mass is 10.2. The van der Waals surface area contributed by atoms with Gasteiger partial charge in [-0.25, -0.2) is 14.4 Å². The fourth-order valence-electron chi connectivity index (χ4n) is 2.01. The number of hydrogen-bond acceptors (Lipinski definition) is 4. The minimum atomic E-state index is -0.265. The van der Waals surface area contributed by atoms with Gasteiger partial charge in [-0.2, -0.15) is 0 Å². The van der Waals surface area contributed by atoms with Crippen LogP contribution in [0.15, 0.2) is 36.7 Å². The Morgan fingerprint density at radius 2 is 1.73 bits per heavy atom. The van der Waals surface area contributed by atoms with Gasteiger partial charge in [0.2, 0.25) is 5.95 Å². The molecule has 0 unspecified atom stereocenters. The molecule has 5 nitrogen and oxygen atoms in total. The average Bonchev–Trinajstić information content (AvgIpc) is 2.56. The van der Waals surface area contributed by atoms with Gasteiger partial charge in [0.25, 0.3) is 5.91 Å². The molecule has 1 amide bonds. The van der Waals surface area contributed by atoms with E-state index in [1.54, 1.807) is 17.0 Å². The zero-order valence-corrected chi connectivity index (χ0v) is 12.7. The third kappa shape index (κ3) is 4.00. The topological polar surface area (TPSA) is 58.1 Å². The molecule has 1 N–H and O–H groups in total. The second-order valence-corrected chi connectivity index (χ2v) is 4.75. The Hall–Kier alpha value is -2.50. The molecule has 0 aliphatic heterocycles. The van der Waals surface area contributed by atoms with Crippen molar-refractivity contribution in [1.29, 1.82) is 0 Å². The van der Waals surface area contributed by atoms with E-state index < -0.39 is 0 Å². The van der Waals surface area contributed by atoms with Crippen LogP contribution in [-0.2, 0) is 6.54 Å². The van der Waals surface area contributed by atoms with E-state index in [9.17, 15) is 9.18 Å². The fraction of sp³-hybridized carbons (Fsp3) is 0.312. The molecule has 1 aromatic carbocycles. The molecule has 0 saturated carbocycles. The predicted octanol–water partition coefficient (Wildman–Crippen LogP) is 2.71.